The highest BCUT2D eigenvalue weighted by atomic mass is 19.1. The van der Waals surface area contributed by atoms with Crippen LogP contribution < -0.4 is 0 Å². The average Bonchev–Trinajstić information content (AvgIpc) is 2.99. The fraction of sp³-hybridized carbons (Fsp3) is 0.353. The normalized spacial score (nSPS) is 20.5. The van der Waals surface area contributed by atoms with E-state index in [0.29, 0.717) is 17.3 Å². The van der Waals surface area contributed by atoms with Gasteiger partial charge in [0, 0.05) is 31.8 Å². The molecule has 1 aliphatic rings. The summed E-state index contributed by atoms with van der Waals surface area (Å²) in [5.41, 5.74) is -0.575. The lowest BCUT2D eigenvalue weighted by Crippen LogP contribution is -2.40. The summed E-state index contributed by atoms with van der Waals surface area (Å²) in [6.45, 7) is 0.327. The maximum absolute atomic E-state index is 13.8. The standard InChI is InChI=1S/C17H17FN2O4/c1-24-10-17(16(22)23)4-6-20(9-17)15(21)13-8-12(18)7-11-3-2-5-19-14(11)13/h2-3,5,7-8H,4,6,9-10H2,1H3,(H,22,23). The van der Waals surface area contributed by atoms with Gasteiger partial charge in [0.1, 0.15) is 11.2 Å². The van der Waals surface area contributed by atoms with Crippen molar-refractivity contribution in [2.24, 2.45) is 5.41 Å². The molecule has 0 spiro atoms. The van der Waals surface area contributed by atoms with E-state index in [1.54, 1.807) is 12.1 Å². The van der Waals surface area contributed by atoms with E-state index in [9.17, 15) is 19.1 Å². The highest BCUT2D eigenvalue weighted by Gasteiger charge is 2.46. The van der Waals surface area contributed by atoms with Gasteiger partial charge in [0.05, 0.1) is 17.7 Å². The second kappa shape index (κ2) is 6.16. The first-order valence-electron chi connectivity index (χ1n) is 7.53. The number of benzene rings is 1. The highest BCUT2D eigenvalue weighted by Crippen LogP contribution is 2.33. The molecule has 0 radical (unpaired) electrons. The number of carbonyl (C=O) groups excluding carboxylic acids is 1. The number of nitrogens with zero attached hydrogens (tertiary/aromatic N) is 2. The van der Waals surface area contributed by atoms with Crippen LogP contribution in [0.4, 0.5) is 4.39 Å². The fourth-order valence-corrected chi connectivity index (χ4v) is 3.17. The predicted molar refractivity (Wildman–Crippen MR) is 84.2 cm³/mol. The van der Waals surface area contributed by atoms with Crippen molar-refractivity contribution in [3.63, 3.8) is 0 Å². The predicted octanol–water partition coefficient (Wildman–Crippen LogP) is 1.94. The first-order valence-corrected chi connectivity index (χ1v) is 7.53. The number of hydrogen-bond donors (Lipinski definition) is 1. The van der Waals surface area contributed by atoms with E-state index in [2.05, 4.69) is 4.98 Å². The molecule has 7 heteroatoms. The lowest BCUT2D eigenvalue weighted by molar-refractivity contribution is -0.151. The van der Waals surface area contributed by atoms with Gasteiger partial charge in [0.15, 0.2) is 0 Å². The van der Waals surface area contributed by atoms with Crippen LogP contribution in [-0.2, 0) is 9.53 Å². The summed E-state index contributed by atoms with van der Waals surface area (Å²) >= 11 is 0. The van der Waals surface area contributed by atoms with Gasteiger partial charge in [-0.3, -0.25) is 14.6 Å². The molecule has 0 bridgehead atoms. The molecule has 2 heterocycles. The summed E-state index contributed by atoms with van der Waals surface area (Å²) in [5.74, 6) is -1.95. The van der Waals surface area contributed by atoms with Crippen molar-refractivity contribution >= 4 is 22.8 Å². The van der Waals surface area contributed by atoms with E-state index in [0.717, 1.165) is 6.07 Å². The molecule has 1 aliphatic heterocycles. The largest absolute Gasteiger partial charge is 0.481 e. The zero-order valence-electron chi connectivity index (χ0n) is 13.2. The molecule has 1 amide bonds. The van der Waals surface area contributed by atoms with Crippen molar-refractivity contribution in [1.29, 1.82) is 0 Å². The Hall–Kier alpha value is -2.54. The third-order valence-corrected chi connectivity index (χ3v) is 4.42. The molecule has 1 aromatic heterocycles. The number of carboxylic acids is 1. The van der Waals surface area contributed by atoms with E-state index in [1.807, 2.05) is 0 Å². The molecule has 1 unspecified atom stereocenters. The van der Waals surface area contributed by atoms with E-state index in [-0.39, 0.29) is 25.3 Å². The number of fused-ring (bicyclic) bond motifs is 1. The van der Waals surface area contributed by atoms with Gasteiger partial charge in [0.2, 0.25) is 0 Å². The molecule has 0 aliphatic carbocycles. The topological polar surface area (TPSA) is 79.7 Å². The summed E-state index contributed by atoms with van der Waals surface area (Å²) in [5, 5.41) is 10.0. The number of ether oxygens (including phenoxy) is 1. The molecular formula is C17H17FN2O4. The number of halogens is 1. The van der Waals surface area contributed by atoms with Gasteiger partial charge in [-0.05, 0) is 24.6 Å². The van der Waals surface area contributed by atoms with Gasteiger partial charge >= 0.3 is 5.97 Å². The summed E-state index contributed by atoms with van der Waals surface area (Å²) in [4.78, 5) is 30.0. The molecule has 1 atom stereocenters. The summed E-state index contributed by atoms with van der Waals surface area (Å²) in [7, 11) is 1.43. The number of aliphatic carboxylic acids is 1. The van der Waals surface area contributed by atoms with Crippen LogP contribution in [0.15, 0.2) is 30.5 Å². The molecule has 24 heavy (non-hydrogen) atoms. The van der Waals surface area contributed by atoms with E-state index in [4.69, 9.17) is 4.74 Å². The summed E-state index contributed by atoms with van der Waals surface area (Å²) in [6, 6.07) is 5.81. The second-order valence-electron chi connectivity index (χ2n) is 6.02. The van der Waals surface area contributed by atoms with Gasteiger partial charge in [-0.15, -0.1) is 0 Å². The van der Waals surface area contributed by atoms with Gasteiger partial charge in [-0.1, -0.05) is 6.07 Å². The van der Waals surface area contributed by atoms with Crippen LogP contribution in [0.25, 0.3) is 10.9 Å². The monoisotopic (exact) mass is 332 g/mol. The Labute approximate surface area is 137 Å². The Bertz CT molecular complexity index is 810. The van der Waals surface area contributed by atoms with Crippen LogP contribution in [0.5, 0.6) is 0 Å². The maximum atomic E-state index is 13.8. The number of aromatic nitrogens is 1. The van der Waals surface area contributed by atoms with Gasteiger partial charge in [0.25, 0.3) is 5.91 Å². The Balaban J connectivity index is 1.95. The van der Waals surface area contributed by atoms with Gasteiger partial charge in [-0.2, -0.15) is 0 Å². The molecule has 6 nitrogen and oxygen atoms in total. The quantitative estimate of drug-likeness (QED) is 0.925. The SMILES string of the molecule is COCC1(C(=O)O)CCN(C(=O)c2cc(F)cc3cccnc23)C1. The number of hydrogen-bond acceptors (Lipinski definition) is 4. The van der Waals surface area contributed by atoms with Crippen LogP contribution >= 0.6 is 0 Å². The fourth-order valence-electron chi connectivity index (χ4n) is 3.17. The van der Waals surface area contributed by atoms with Crippen molar-refractivity contribution in [3.05, 3.63) is 41.8 Å². The molecule has 2 aromatic rings. The Morgan fingerprint density at radius 3 is 2.96 bits per heavy atom. The average molecular weight is 332 g/mol. The molecule has 1 N–H and O–H groups in total. The number of carboxylic acid groups (broad SMARTS) is 1. The number of likely N-dealkylation sites (tertiary alicyclic amines) is 1. The molecule has 126 valence electrons. The summed E-state index contributed by atoms with van der Waals surface area (Å²) < 4.78 is 18.9. The number of pyridine rings is 1. The molecule has 1 fully saturated rings. The third-order valence-electron chi connectivity index (χ3n) is 4.42. The van der Waals surface area contributed by atoms with Crippen LogP contribution in [0.1, 0.15) is 16.8 Å². The summed E-state index contributed by atoms with van der Waals surface area (Å²) in [6.07, 6.45) is 1.83. The second-order valence-corrected chi connectivity index (χ2v) is 6.02. The smallest absolute Gasteiger partial charge is 0.313 e. The molecule has 3 rings (SSSR count). The van der Waals surface area contributed by atoms with Crippen molar-refractivity contribution in [1.82, 2.24) is 9.88 Å². The number of amides is 1. The maximum Gasteiger partial charge on any atom is 0.313 e. The van der Waals surface area contributed by atoms with E-state index in [1.165, 1.54) is 24.3 Å². The number of rotatable bonds is 4. The van der Waals surface area contributed by atoms with Crippen molar-refractivity contribution in [2.75, 3.05) is 26.8 Å². The van der Waals surface area contributed by atoms with Crippen LogP contribution in [0.2, 0.25) is 0 Å². The van der Waals surface area contributed by atoms with Crippen molar-refractivity contribution < 1.29 is 23.8 Å². The van der Waals surface area contributed by atoms with Crippen molar-refractivity contribution in [3.8, 4) is 0 Å². The Kier molecular flexibility index (Phi) is 4.19. The highest BCUT2D eigenvalue weighted by molar-refractivity contribution is 6.05. The van der Waals surface area contributed by atoms with E-state index < -0.39 is 23.1 Å². The van der Waals surface area contributed by atoms with Crippen LogP contribution in [-0.4, -0.2) is 53.7 Å². The lowest BCUT2D eigenvalue weighted by atomic mass is 9.88. The first kappa shape index (κ1) is 16.3. The zero-order chi connectivity index (χ0) is 17.3. The molecule has 0 saturated carbocycles. The zero-order valence-corrected chi connectivity index (χ0v) is 13.2. The first-order chi connectivity index (χ1) is 11.5. The Morgan fingerprint density at radius 1 is 1.46 bits per heavy atom. The third kappa shape index (κ3) is 2.71. The number of carbonyl (C=O) groups is 2. The molecule has 1 aromatic carbocycles. The van der Waals surface area contributed by atoms with Gasteiger partial charge < -0.3 is 14.7 Å². The Morgan fingerprint density at radius 2 is 2.25 bits per heavy atom. The van der Waals surface area contributed by atoms with E-state index >= 15 is 0 Å². The van der Waals surface area contributed by atoms with Gasteiger partial charge in [-0.25, -0.2) is 4.39 Å². The molecular weight excluding hydrogens is 315 g/mol. The molecule has 1 saturated heterocycles. The van der Waals surface area contributed by atoms with Crippen LogP contribution in [0, 0.1) is 11.2 Å². The van der Waals surface area contributed by atoms with Crippen LogP contribution in [0.3, 0.4) is 0 Å². The lowest BCUT2D eigenvalue weighted by Gasteiger charge is -2.24. The minimum atomic E-state index is -1.12. The number of methoxy groups -OCH3 is 1. The minimum Gasteiger partial charge on any atom is -0.481 e. The minimum absolute atomic E-state index is 0.0221. The van der Waals surface area contributed by atoms with Crippen molar-refractivity contribution in [2.45, 2.75) is 6.42 Å².